The van der Waals surface area contributed by atoms with Gasteiger partial charge in [0, 0.05) is 34.1 Å². The van der Waals surface area contributed by atoms with Crippen molar-refractivity contribution in [2.24, 2.45) is 5.41 Å². The number of benzene rings is 1. The molecule has 1 amide bonds. The van der Waals surface area contributed by atoms with Crippen molar-refractivity contribution in [1.29, 1.82) is 0 Å². The second-order valence-corrected chi connectivity index (χ2v) is 7.22. The van der Waals surface area contributed by atoms with Gasteiger partial charge >= 0.3 is 0 Å². The molecule has 3 aromatic rings. The van der Waals surface area contributed by atoms with Crippen LogP contribution < -0.4 is 10.1 Å². The number of ether oxygens (including phenoxy) is 1. The Bertz CT molecular complexity index is 923. The quantitative estimate of drug-likeness (QED) is 0.678. The van der Waals surface area contributed by atoms with Gasteiger partial charge in [-0.3, -0.25) is 4.79 Å². The zero-order valence-corrected chi connectivity index (χ0v) is 15.1. The van der Waals surface area contributed by atoms with Gasteiger partial charge in [-0.25, -0.2) is 0 Å². The van der Waals surface area contributed by atoms with Crippen LogP contribution in [0.4, 0.5) is 0 Å². The lowest BCUT2D eigenvalue weighted by molar-refractivity contribution is -0.125. The van der Waals surface area contributed by atoms with Gasteiger partial charge in [0.25, 0.3) is 0 Å². The first kappa shape index (κ1) is 16.7. The van der Waals surface area contributed by atoms with Gasteiger partial charge in [0.1, 0.15) is 24.3 Å². The van der Waals surface area contributed by atoms with E-state index in [0.29, 0.717) is 13.2 Å². The summed E-state index contributed by atoms with van der Waals surface area (Å²) in [5.74, 6) is 0.980. The molecule has 0 aliphatic heterocycles. The highest BCUT2D eigenvalue weighted by Crippen LogP contribution is 2.45. The van der Waals surface area contributed by atoms with E-state index < -0.39 is 0 Å². The van der Waals surface area contributed by atoms with Gasteiger partial charge in [-0.15, -0.1) is 0 Å². The van der Waals surface area contributed by atoms with E-state index in [9.17, 15) is 4.79 Å². The molecule has 6 nitrogen and oxygen atoms in total. The zero-order chi connectivity index (χ0) is 18.1. The Labute approximate surface area is 151 Å². The summed E-state index contributed by atoms with van der Waals surface area (Å²) < 4.78 is 10.8. The Hall–Kier alpha value is -2.76. The summed E-state index contributed by atoms with van der Waals surface area (Å²) in [5, 5.41) is 8.02. The fourth-order valence-electron chi connectivity index (χ4n) is 3.04. The summed E-state index contributed by atoms with van der Waals surface area (Å²) in [5.41, 5.74) is 3.74. The van der Waals surface area contributed by atoms with Crippen LogP contribution in [0.2, 0.25) is 0 Å². The molecule has 0 atom stereocenters. The summed E-state index contributed by atoms with van der Waals surface area (Å²) in [6, 6.07) is 8.03. The van der Waals surface area contributed by atoms with Crippen molar-refractivity contribution in [3.63, 3.8) is 0 Å². The normalized spacial score (nSPS) is 15.2. The van der Waals surface area contributed by atoms with Crippen molar-refractivity contribution in [1.82, 2.24) is 15.5 Å². The third kappa shape index (κ3) is 3.31. The predicted octanol–water partition coefficient (Wildman–Crippen LogP) is 3.71. The standard InChI is InChI=1S/C20H23N3O3/c1-3-13-8-14-9-16(11-21-19(24)20(2)5-6-20)22-17(14)10-18(13)25-12-15-4-7-26-23-15/h4,7-10,22H,3,5-6,11-12H2,1-2H3,(H,21,24). The monoisotopic (exact) mass is 353 g/mol. The van der Waals surface area contributed by atoms with Gasteiger partial charge in [-0.05, 0) is 37.0 Å². The number of H-pyrrole nitrogens is 1. The van der Waals surface area contributed by atoms with Gasteiger partial charge in [-0.1, -0.05) is 19.0 Å². The number of hydrogen-bond acceptors (Lipinski definition) is 4. The topological polar surface area (TPSA) is 80.2 Å². The number of nitrogens with zero attached hydrogens (tertiary/aromatic N) is 1. The van der Waals surface area contributed by atoms with Crippen LogP contribution in [0.5, 0.6) is 5.75 Å². The molecule has 1 saturated carbocycles. The third-order valence-electron chi connectivity index (χ3n) is 5.09. The van der Waals surface area contributed by atoms with Gasteiger partial charge in [0.15, 0.2) is 0 Å². The van der Waals surface area contributed by atoms with E-state index in [4.69, 9.17) is 9.26 Å². The molecular weight excluding hydrogens is 330 g/mol. The number of nitrogens with one attached hydrogen (secondary N) is 2. The maximum Gasteiger partial charge on any atom is 0.226 e. The lowest BCUT2D eigenvalue weighted by Crippen LogP contribution is -2.29. The van der Waals surface area contributed by atoms with E-state index in [0.717, 1.165) is 52.9 Å². The molecule has 2 heterocycles. The highest BCUT2D eigenvalue weighted by molar-refractivity contribution is 5.85. The Morgan fingerprint density at radius 1 is 1.38 bits per heavy atom. The molecule has 26 heavy (non-hydrogen) atoms. The van der Waals surface area contributed by atoms with Gasteiger partial charge < -0.3 is 19.6 Å². The third-order valence-corrected chi connectivity index (χ3v) is 5.09. The predicted molar refractivity (Wildman–Crippen MR) is 97.7 cm³/mol. The summed E-state index contributed by atoms with van der Waals surface area (Å²) >= 11 is 0. The van der Waals surface area contributed by atoms with Crippen LogP contribution in [0.1, 0.15) is 43.6 Å². The molecule has 1 aliphatic rings. The summed E-state index contributed by atoms with van der Waals surface area (Å²) in [4.78, 5) is 15.5. The Kier molecular flexibility index (Phi) is 4.18. The number of aryl methyl sites for hydroxylation is 1. The molecule has 6 heteroatoms. The van der Waals surface area contributed by atoms with Crippen LogP contribution >= 0.6 is 0 Å². The van der Waals surface area contributed by atoms with Gasteiger partial charge in [0.05, 0.1) is 6.54 Å². The minimum absolute atomic E-state index is 0.141. The van der Waals surface area contributed by atoms with E-state index in [1.54, 1.807) is 6.07 Å². The molecule has 4 rings (SSSR count). The number of carbonyl (C=O) groups excluding carboxylic acids is 1. The lowest BCUT2D eigenvalue weighted by Gasteiger charge is -2.09. The minimum atomic E-state index is -0.149. The maximum absolute atomic E-state index is 12.1. The van der Waals surface area contributed by atoms with E-state index in [1.807, 2.05) is 13.0 Å². The average molecular weight is 353 g/mol. The molecule has 0 saturated heterocycles. The number of fused-ring (bicyclic) bond motifs is 1. The molecule has 1 fully saturated rings. The Morgan fingerprint density at radius 3 is 2.92 bits per heavy atom. The number of amides is 1. The Morgan fingerprint density at radius 2 is 2.23 bits per heavy atom. The van der Waals surface area contributed by atoms with E-state index in [2.05, 4.69) is 34.5 Å². The Balaban J connectivity index is 1.50. The molecule has 136 valence electrons. The van der Waals surface area contributed by atoms with E-state index in [-0.39, 0.29) is 11.3 Å². The van der Waals surface area contributed by atoms with Gasteiger partial charge in [-0.2, -0.15) is 0 Å². The summed E-state index contributed by atoms with van der Waals surface area (Å²) in [6.45, 7) is 5.00. The SMILES string of the molecule is CCc1cc2cc(CNC(=O)C3(C)CC3)[nH]c2cc1OCc1ccon1. The minimum Gasteiger partial charge on any atom is -0.487 e. The van der Waals surface area contributed by atoms with Crippen molar-refractivity contribution >= 4 is 16.8 Å². The fraction of sp³-hybridized carbons (Fsp3) is 0.400. The smallest absolute Gasteiger partial charge is 0.226 e. The molecular formula is C20H23N3O3. The van der Waals surface area contributed by atoms with Crippen LogP contribution in [0.15, 0.2) is 35.1 Å². The van der Waals surface area contributed by atoms with Crippen LogP contribution in [0.25, 0.3) is 10.9 Å². The number of aromatic nitrogens is 2. The average Bonchev–Trinajstić information content (AvgIpc) is 3.06. The van der Waals surface area contributed by atoms with Crippen molar-refractivity contribution in [3.8, 4) is 5.75 Å². The summed E-state index contributed by atoms with van der Waals surface area (Å²) in [7, 11) is 0. The largest absolute Gasteiger partial charge is 0.487 e. The number of rotatable bonds is 7. The second kappa shape index (κ2) is 6.52. The molecule has 0 radical (unpaired) electrons. The molecule has 0 spiro atoms. The fourth-order valence-corrected chi connectivity index (χ4v) is 3.04. The number of carbonyl (C=O) groups is 1. The van der Waals surface area contributed by atoms with E-state index >= 15 is 0 Å². The summed E-state index contributed by atoms with van der Waals surface area (Å²) in [6.07, 6.45) is 4.38. The number of aromatic amines is 1. The molecule has 2 aromatic heterocycles. The highest BCUT2D eigenvalue weighted by Gasteiger charge is 2.44. The first-order valence-electron chi connectivity index (χ1n) is 9.02. The van der Waals surface area contributed by atoms with Crippen molar-refractivity contribution in [3.05, 3.63) is 47.5 Å². The van der Waals surface area contributed by atoms with E-state index in [1.165, 1.54) is 6.26 Å². The van der Waals surface area contributed by atoms with Crippen LogP contribution in [0.3, 0.4) is 0 Å². The van der Waals surface area contributed by atoms with Crippen LogP contribution in [-0.2, 0) is 24.4 Å². The number of hydrogen-bond donors (Lipinski definition) is 2. The van der Waals surface area contributed by atoms with Crippen LogP contribution in [-0.4, -0.2) is 16.0 Å². The molecule has 1 aliphatic carbocycles. The van der Waals surface area contributed by atoms with Crippen LogP contribution in [0, 0.1) is 5.41 Å². The molecule has 1 aromatic carbocycles. The maximum atomic E-state index is 12.1. The van der Waals surface area contributed by atoms with Crippen molar-refractivity contribution in [2.45, 2.75) is 46.3 Å². The van der Waals surface area contributed by atoms with Crippen molar-refractivity contribution in [2.75, 3.05) is 0 Å². The molecule has 0 bridgehead atoms. The molecule has 0 unspecified atom stereocenters. The second-order valence-electron chi connectivity index (χ2n) is 7.22. The first-order chi connectivity index (χ1) is 12.6. The molecule has 2 N–H and O–H groups in total. The first-order valence-corrected chi connectivity index (χ1v) is 9.02. The van der Waals surface area contributed by atoms with Gasteiger partial charge in [0.2, 0.25) is 5.91 Å². The van der Waals surface area contributed by atoms with Crippen molar-refractivity contribution < 1.29 is 14.1 Å². The zero-order valence-electron chi connectivity index (χ0n) is 15.1. The lowest BCUT2D eigenvalue weighted by atomic mass is 10.1. The highest BCUT2D eigenvalue weighted by atomic mass is 16.5.